The van der Waals surface area contributed by atoms with E-state index in [0.717, 1.165) is 12.1 Å². The lowest BCUT2D eigenvalue weighted by molar-refractivity contribution is -0.114. The second-order valence-corrected chi connectivity index (χ2v) is 9.75. The number of benzene rings is 3. The number of carbonyl (C=O) groups excluding carboxylic acids is 1. The topological polar surface area (TPSA) is 73.2 Å². The number of nitrogens with zero attached hydrogens (tertiary/aromatic N) is 3. The first-order valence-electron chi connectivity index (χ1n) is 12.4. The number of aromatic carboxylic acids is 1. The molecule has 2 aliphatic heterocycles. The standard InChI is InChI=1S/C30H27N3O3/c1-19-25(29(34)33(31-19)23-13-11-22(12-14-23)30(35)36)16-21-10-15-28-26(17-21)24-8-5-9-27(24)32(28)18-20-6-3-2-4-7-20/h2-4,6-7,10-17,24,27H,5,8-9,18H2,1H3,(H,35,36)/b25-16-. The zero-order chi connectivity index (χ0) is 24.8. The van der Waals surface area contributed by atoms with Crippen LogP contribution in [0, 0.1) is 0 Å². The van der Waals surface area contributed by atoms with Gasteiger partial charge >= 0.3 is 5.97 Å². The number of hydrogen-bond acceptors (Lipinski definition) is 4. The van der Waals surface area contributed by atoms with E-state index in [0.29, 0.717) is 28.9 Å². The molecule has 180 valence electrons. The van der Waals surface area contributed by atoms with Crippen LogP contribution in [-0.2, 0) is 11.3 Å². The lowest BCUT2D eigenvalue weighted by Crippen LogP contribution is -2.30. The summed E-state index contributed by atoms with van der Waals surface area (Å²) < 4.78 is 0. The average molecular weight is 478 g/mol. The van der Waals surface area contributed by atoms with Crippen LogP contribution in [0.15, 0.2) is 83.5 Å². The van der Waals surface area contributed by atoms with Gasteiger partial charge in [-0.15, -0.1) is 0 Å². The Morgan fingerprint density at radius 2 is 1.83 bits per heavy atom. The van der Waals surface area contributed by atoms with Gasteiger partial charge in [-0.05, 0) is 78.9 Å². The van der Waals surface area contributed by atoms with Gasteiger partial charge in [-0.2, -0.15) is 10.1 Å². The minimum absolute atomic E-state index is 0.173. The summed E-state index contributed by atoms with van der Waals surface area (Å²) in [5, 5.41) is 14.9. The number of carboxylic acids is 1. The molecule has 3 aliphatic rings. The first-order chi connectivity index (χ1) is 17.5. The fraction of sp³-hybridized carbons (Fsp3) is 0.233. The summed E-state index contributed by atoms with van der Waals surface area (Å²) in [6.45, 7) is 2.74. The van der Waals surface area contributed by atoms with Gasteiger partial charge in [0, 0.05) is 24.2 Å². The van der Waals surface area contributed by atoms with Gasteiger partial charge in [0.25, 0.3) is 5.91 Å². The Bertz CT molecular complexity index is 1410. The van der Waals surface area contributed by atoms with E-state index >= 15 is 0 Å². The molecule has 3 aromatic carbocycles. The average Bonchev–Trinajstić information content (AvgIpc) is 3.56. The quantitative estimate of drug-likeness (QED) is 0.468. The Morgan fingerprint density at radius 3 is 2.58 bits per heavy atom. The van der Waals surface area contributed by atoms with Gasteiger partial charge in [-0.25, -0.2) is 4.79 Å². The molecular formula is C30H27N3O3. The molecule has 0 radical (unpaired) electrons. The molecule has 6 heteroatoms. The zero-order valence-electron chi connectivity index (χ0n) is 20.1. The first-order valence-corrected chi connectivity index (χ1v) is 12.4. The van der Waals surface area contributed by atoms with Crippen LogP contribution < -0.4 is 9.91 Å². The third kappa shape index (κ3) is 3.79. The highest BCUT2D eigenvalue weighted by Gasteiger charge is 2.41. The third-order valence-electron chi connectivity index (χ3n) is 7.57. The zero-order valence-corrected chi connectivity index (χ0v) is 20.1. The smallest absolute Gasteiger partial charge is 0.335 e. The second-order valence-electron chi connectivity index (χ2n) is 9.75. The molecule has 1 N–H and O–H groups in total. The molecule has 6 nitrogen and oxygen atoms in total. The van der Waals surface area contributed by atoms with Crippen LogP contribution in [0.5, 0.6) is 0 Å². The van der Waals surface area contributed by atoms with Crippen molar-refractivity contribution in [2.45, 2.75) is 44.7 Å². The molecule has 2 atom stereocenters. The van der Waals surface area contributed by atoms with Crippen molar-refractivity contribution < 1.29 is 14.7 Å². The summed E-state index contributed by atoms with van der Waals surface area (Å²) in [5.41, 5.74) is 6.93. The number of carboxylic acid groups (broad SMARTS) is 1. The van der Waals surface area contributed by atoms with E-state index in [9.17, 15) is 9.59 Å². The predicted molar refractivity (Wildman–Crippen MR) is 141 cm³/mol. The van der Waals surface area contributed by atoms with Gasteiger partial charge in [0.2, 0.25) is 0 Å². The van der Waals surface area contributed by atoms with Crippen LogP contribution in [0.25, 0.3) is 6.08 Å². The molecule has 1 amide bonds. The van der Waals surface area contributed by atoms with Crippen LogP contribution in [-0.4, -0.2) is 28.7 Å². The molecular weight excluding hydrogens is 450 g/mol. The summed E-state index contributed by atoms with van der Waals surface area (Å²) in [6, 6.07) is 23.9. The van der Waals surface area contributed by atoms with Gasteiger partial charge in [0.15, 0.2) is 0 Å². The van der Waals surface area contributed by atoms with Crippen LogP contribution in [0.2, 0.25) is 0 Å². The van der Waals surface area contributed by atoms with Crippen LogP contribution in [0.4, 0.5) is 11.4 Å². The number of hydrogen-bond donors (Lipinski definition) is 1. The lowest BCUT2D eigenvalue weighted by atomic mass is 9.95. The SMILES string of the molecule is CC1=NN(c2ccc(C(=O)O)cc2)C(=O)/C1=C\c1ccc2c(c1)C1CCCC1N2Cc1ccccc1. The predicted octanol–water partition coefficient (Wildman–Crippen LogP) is 5.85. The highest BCUT2D eigenvalue weighted by Crippen LogP contribution is 2.50. The van der Waals surface area contributed by atoms with Crippen molar-refractivity contribution in [2.24, 2.45) is 5.10 Å². The van der Waals surface area contributed by atoms with Crippen molar-refractivity contribution in [3.05, 3.63) is 101 Å². The fourth-order valence-electron chi connectivity index (χ4n) is 5.83. The van der Waals surface area contributed by atoms with E-state index in [1.165, 1.54) is 53.2 Å². The number of amides is 1. The summed E-state index contributed by atoms with van der Waals surface area (Å²) in [5.74, 6) is -0.682. The van der Waals surface area contributed by atoms with E-state index in [1.807, 2.05) is 13.0 Å². The number of rotatable bonds is 5. The lowest BCUT2D eigenvalue weighted by Gasteiger charge is -2.27. The second kappa shape index (κ2) is 8.79. The van der Waals surface area contributed by atoms with E-state index in [2.05, 4.69) is 58.5 Å². The Hall–Kier alpha value is -4.19. The monoisotopic (exact) mass is 477 g/mol. The maximum Gasteiger partial charge on any atom is 0.335 e. The Kier molecular flexibility index (Phi) is 5.44. The van der Waals surface area contributed by atoms with E-state index in [-0.39, 0.29) is 11.5 Å². The molecule has 1 aliphatic carbocycles. The molecule has 1 saturated carbocycles. The highest BCUT2D eigenvalue weighted by atomic mass is 16.4. The summed E-state index contributed by atoms with van der Waals surface area (Å²) in [6.07, 6.45) is 5.58. The molecule has 36 heavy (non-hydrogen) atoms. The van der Waals surface area contributed by atoms with Crippen LogP contribution >= 0.6 is 0 Å². The number of carbonyl (C=O) groups is 2. The number of anilines is 2. The van der Waals surface area contributed by atoms with Gasteiger partial charge < -0.3 is 10.0 Å². The minimum Gasteiger partial charge on any atom is -0.478 e. The van der Waals surface area contributed by atoms with Gasteiger partial charge in [0.1, 0.15) is 0 Å². The van der Waals surface area contributed by atoms with Crippen molar-refractivity contribution in [2.75, 3.05) is 9.91 Å². The minimum atomic E-state index is -1.00. The van der Waals surface area contributed by atoms with Gasteiger partial charge in [0.05, 0.1) is 22.5 Å². The third-order valence-corrected chi connectivity index (χ3v) is 7.57. The van der Waals surface area contributed by atoms with Crippen molar-refractivity contribution in [3.63, 3.8) is 0 Å². The van der Waals surface area contributed by atoms with Gasteiger partial charge in [-0.3, -0.25) is 4.79 Å². The molecule has 3 aromatic rings. The molecule has 0 aromatic heterocycles. The fourth-order valence-corrected chi connectivity index (χ4v) is 5.83. The normalized spacial score (nSPS) is 21.6. The summed E-state index contributed by atoms with van der Waals surface area (Å²) >= 11 is 0. The molecule has 1 fully saturated rings. The van der Waals surface area contributed by atoms with Crippen LogP contribution in [0.1, 0.15) is 59.2 Å². The molecule has 2 heterocycles. The van der Waals surface area contributed by atoms with Crippen LogP contribution in [0.3, 0.4) is 0 Å². The molecule has 6 rings (SSSR count). The van der Waals surface area contributed by atoms with Crippen molar-refractivity contribution in [3.8, 4) is 0 Å². The van der Waals surface area contributed by atoms with Gasteiger partial charge in [-0.1, -0.05) is 42.8 Å². The van der Waals surface area contributed by atoms with E-state index < -0.39 is 5.97 Å². The van der Waals surface area contributed by atoms with E-state index in [1.54, 1.807) is 12.1 Å². The van der Waals surface area contributed by atoms with Crippen molar-refractivity contribution in [1.29, 1.82) is 0 Å². The first kappa shape index (κ1) is 22.3. The molecule has 0 bridgehead atoms. The Labute approximate surface area is 210 Å². The summed E-state index contributed by atoms with van der Waals surface area (Å²) in [7, 11) is 0. The van der Waals surface area contributed by atoms with Crippen molar-refractivity contribution in [1.82, 2.24) is 0 Å². The summed E-state index contributed by atoms with van der Waals surface area (Å²) in [4.78, 5) is 26.9. The van der Waals surface area contributed by atoms with Crippen molar-refractivity contribution >= 4 is 35.0 Å². The molecule has 0 spiro atoms. The number of fused-ring (bicyclic) bond motifs is 3. The largest absolute Gasteiger partial charge is 0.478 e. The van der Waals surface area contributed by atoms with E-state index in [4.69, 9.17) is 5.11 Å². The maximum absolute atomic E-state index is 13.2. The Morgan fingerprint density at radius 1 is 1.06 bits per heavy atom. The molecule has 2 unspecified atom stereocenters. The highest BCUT2D eigenvalue weighted by molar-refractivity contribution is 6.32. The Balaban J connectivity index is 1.28. The number of hydrazone groups is 1. The maximum atomic E-state index is 13.2. The molecule has 0 saturated heterocycles.